The highest BCUT2D eigenvalue weighted by molar-refractivity contribution is 6.73. The molecular formula is C36H32BN3O2. The largest absolute Gasteiger partial charge is 0.536 e. The second-order valence-corrected chi connectivity index (χ2v) is 12.6. The number of hydrogen-bond acceptors (Lipinski definition) is 4. The number of fused-ring (bicyclic) bond motifs is 6. The normalized spacial score (nSPS) is 16.2. The lowest BCUT2D eigenvalue weighted by atomic mass is 9.61. The van der Waals surface area contributed by atoms with Crippen LogP contribution < -0.4 is 19.7 Å². The zero-order valence-corrected chi connectivity index (χ0v) is 24.6. The molecule has 2 aromatic heterocycles. The third-order valence-electron chi connectivity index (χ3n) is 9.88. The fraction of sp³-hybridized carbons (Fsp3) is 0.194. The van der Waals surface area contributed by atoms with E-state index in [1.165, 1.54) is 27.4 Å². The Kier molecular flexibility index (Phi) is 5.16. The molecule has 0 bridgehead atoms. The summed E-state index contributed by atoms with van der Waals surface area (Å²) < 4.78 is 15.2. The van der Waals surface area contributed by atoms with Crippen LogP contribution in [0.25, 0.3) is 27.6 Å². The Balaban J connectivity index is 1.25. The molecule has 0 radical (unpaired) electrons. The molecule has 0 aliphatic carbocycles. The lowest BCUT2D eigenvalue weighted by molar-refractivity contribution is 0.306. The summed E-state index contributed by atoms with van der Waals surface area (Å²) in [6.45, 7) is 9.40. The predicted molar refractivity (Wildman–Crippen MR) is 172 cm³/mol. The molecule has 4 heterocycles. The molecule has 0 saturated carbocycles. The SMILES string of the molecule is CN1B(c2cccc(Oc3ccc4c5cccc6c5n(c4c3)-c3ncccc3C(C)(C)C6(C)C)c2)Oc2ccccc21. The van der Waals surface area contributed by atoms with E-state index in [-0.39, 0.29) is 17.9 Å². The van der Waals surface area contributed by atoms with Gasteiger partial charge in [0.25, 0.3) is 0 Å². The summed E-state index contributed by atoms with van der Waals surface area (Å²) >= 11 is 0. The summed E-state index contributed by atoms with van der Waals surface area (Å²) in [5.74, 6) is 3.44. The monoisotopic (exact) mass is 549 g/mol. The molecule has 0 spiro atoms. The minimum absolute atomic E-state index is 0.123. The zero-order chi connectivity index (χ0) is 28.8. The Morgan fingerprint density at radius 1 is 0.738 bits per heavy atom. The van der Waals surface area contributed by atoms with Crippen molar-refractivity contribution in [1.82, 2.24) is 9.55 Å². The Morgan fingerprint density at radius 2 is 1.50 bits per heavy atom. The molecule has 8 rings (SSSR count). The first-order chi connectivity index (χ1) is 20.3. The van der Waals surface area contributed by atoms with Gasteiger partial charge in [-0.05, 0) is 60.5 Å². The van der Waals surface area contributed by atoms with Gasteiger partial charge in [-0.1, -0.05) is 76.2 Å². The van der Waals surface area contributed by atoms with Crippen molar-refractivity contribution in [2.45, 2.75) is 38.5 Å². The minimum Gasteiger partial charge on any atom is -0.536 e. The van der Waals surface area contributed by atoms with E-state index in [1.807, 2.05) is 36.5 Å². The fourth-order valence-corrected chi connectivity index (χ4v) is 6.90. The van der Waals surface area contributed by atoms with Crippen molar-refractivity contribution in [2.75, 3.05) is 11.9 Å². The molecule has 0 fully saturated rings. The van der Waals surface area contributed by atoms with Crippen molar-refractivity contribution in [3.8, 4) is 23.1 Å². The first-order valence-electron chi connectivity index (χ1n) is 14.6. The highest BCUT2D eigenvalue weighted by Gasteiger charge is 2.45. The van der Waals surface area contributed by atoms with Crippen LogP contribution in [0.2, 0.25) is 0 Å². The van der Waals surface area contributed by atoms with Gasteiger partial charge in [0, 0.05) is 39.4 Å². The van der Waals surface area contributed by atoms with Crippen LogP contribution in [0.5, 0.6) is 17.2 Å². The number of ether oxygens (including phenoxy) is 1. The number of nitrogens with zero attached hydrogens (tertiary/aromatic N) is 3. The van der Waals surface area contributed by atoms with E-state index in [0.29, 0.717) is 0 Å². The molecule has 0 amide bonds. The average molecular weight is 549 g/mol. The van der Waals surface area contributed by atoms with Crippen LogP contribution in [0.3, 0.4) is 0 Å². The van der Waals surface area contributed by atoms with E-state index in [1.54, 1.807) is 0 Å². The lowest BCUT2D eigenvalue weighted by Gasteiger charge is -2.41. The standard InChI is InChI=1S/C36H32BN3O2/c1-35(2)28-14-9-13-27-26-19-18-25(22-31(26)40(33(27)28)34-29(36(35,3)4)15-10-20-38-34)41-24-12-8-11-23(21-24)37-39(5)30-16-6-7-17-32(30)42-37/h6-22H,1-5H3. The lowest BCUT2D eigenvalue weighted by Crippen LogP contribution is -2.47. The Morgan fingerprint density at radius 3 is 2.36 bits per heavy atom. The molecule has 4 aromatic carbocycles. The van der Waals surface area contributed by atoms with E-state index in [2.05, 4.69) is 111 Å². The van der Waals surface area contributed by atoms with Crippen molar-refractivity contribution in [1.29, 1.82) is 0 Å². The number of benzene rings is 4. The molecule has 5 nitrogen and oxygen atoms in total. The third-order valence-corrected chi connectivity index (χ3v) is 9.88. The number of aromatic nitrogens is 2. The number of para-hydroxylation sites is 3. The Hall–Kier alpha value is -4.71. The second-order valence-electron chi connectivity index (χ2n) is 12.6. The molecule has 2 aliphatic heterocycles. The van der Waals surface area contributed by atoms with Gasteiger partial charge in [-0.15, -0.1) is 0 Å². The van der Waals surface area contributed by atoms with Crippen LogP contribution in [0.15, 0.2) is 103 Å². The molecule has 0 unspecified atom stereocenters. The van der Waals surface area contributed by atoms with E-state index >= 15 is 0 Å². The van der Waals surface area contributed by atoms with E-state index in [0.717, 1.165) is 39.7 Å². The fourth-order valence-electron chi connectivity index (χ4n) is 6.90. The van der Waals surface area contributed by atoms with E-state index in [4.69, 9.17) is 14.4 Å². The van der Waals surface area contributed by atoms with Gasteiger partial charge in [0.05, 0.1) is 16.7 Å². The highest BCUT2D eigenvalue weighted by Crippen LogP contribution is 2.52. The van der Waals surface area contributed by atoms with Gasteiger partial charge in [-0.25, -0.2) is 4.98 Å². The van der Waals surface area contributed by atoms with Gasteiger partial charge in [0.1, 0.15) is 23.1 Å². The third kappa shape index (κ3) is 3.35. The maximum absolute atomic E-state index is 6.54. The summed E-state index contributed by atoms with van der Waals surface area (Å²) in [7, 11) is 1.86. The second kappa shape index (κ2) is 8.65. The molecule has 0 atom stereocenters. The van der Waals surface area contributed by atoms with Crippen LogP contribution in [0.1, 0.15) is 38.8 Å². The molecular weight excluding hydrogens is 517 g/mol. The summed E-state index contributed by atoms with van der Waals surface area (Å²) in [4.78, 5) is 7.14. The van der Waals surface area contributed by atoms with Crippen LogP contribution >= 0.6 is 0 Å². The first-order valence-corrected chi connectivity index (χ1v) is 14.6. The maximum atomic E-state index is 6.54. The smallest absolute Gasteiger partial charge is 0.519 e. The van der Waals surface area contributed by atoms with Crippen molar-refractivity contribution in [3.05, 3.63) is 114 Å². The van der Waals surface area contributed by atoms with Gasteiger partial charge >= 0.3 is 7.05 Å². The van der Waals surface area contributed by atoms with Crippen molar-refractivity contribution in [3.63, 3.8) is 0 Å². The van der Waals surface area contributed by atoms with Crippen molar-refractivity contribution in [2.24, 2.45) is 0 Å². The number of anilines is 1. The van der Waals surface area contributed by atoms with Crippen molar-refractivity contribution >= 4 is 40.0 Å². The first kappa shape index (κ1) is 25.0. The van der Waals surface area contributed by atoms with Crippen LogP contribution in [-0.4, -0.2) is 23.6 Å². The predicted octanol–water partition coefficient (Wildman–Crippen LogP) is 7.76. The molecule has 42 heavy (non-hydrogen) atoms. The van der Waals surface area contributed by atoms with Crippen LogP contribution in [0, 0.1) is 0 Å². The van der Waals surface area contributed by atoms with Gasteiger partial charge < -0.3 is 14.2 Å². The Bertz CT molecular complexity index is 2040. The van der Waals surface area contributed by atoms with Crippen LogP contribution in [0.4, 0.5) is 5.69 Å². The van der Waals surface area contributed by atoms with Crippen LogP contribution in [-0.2, 0) is 10.8 Å². The van der Waals surface area contributed by atoms with Gasteiger partial charge in [0.15, 0.2) is 0 Å². The topological polar surface area (TPSA) is 39.5 Å². The average Bonchev–Trinajstić information content (AvgIpc) is 3.49. The summed E-state index contributed by atoms with van der Waals surface area (Å²) in [6, 6.07) is 33.7. The molecule has 2 aliphatic rings. The number of pyridine rings is 1. The highest BCUT2D eigenvalue weighted by atomic mass is 16.5. The van der Waals surface area contributed by atoms with Gasteiger partial charge in [-0.2, -0.15) is 0 Å². The molecule has 6 aromatic rings. The number of rotatable bonds is 3. The maximum Gasteiger partial charge on any atom is 0.519 e. The minimum atomic E-state index is -0.203. The van der Waals surface area contributed by atoms with Crippen molar-refractivity contribution < 1.29 is 9.39 Å². The number of hydrogen-bond donors (Lipinski definition) is 0. The summed E-state index contributed by atoms with van der Waals surface area (Å²) in [6.07, 6.45) is 1.90. The van der Waals surface area contributed by atoms with Gasteiger partial charge in [-0.3, -0.25) is 4.57 Å². The summed E-state index contributed by atoms with van der Waals surface area (Å²) in [5.41, 5.74) is 6.75. The molecule has 6 heteroatoms. The van der Waals surface area contributed by atoms with Gasteiger partial charge in [0.2, 0.25) is 0 Å². The molecule has 0 saturated heterocycles. The zero-order valence-electron chi connectivity index (χ0n) is 24.6. The molecule has 206 valence electrons. The van der Waals surface area contributed by atoms with E-state index < -0.39 is 0 Å². The summed E-state index contributed by atoms with van der Waals surface area (Å²) in [5, 5.41) is 2.43. The Labute approximate surface area is 246 Å². The van der Waals surface area contributed by atoms with E-state index in [9.17, 15) is 0 Å². The quantitative estimate of drug-likeness (QED) is 0.212. The molecule has 0 N–H and O–H groups in total.